The third-order valence-electron chi connectivity index (χ3n) is 2.85. The topological polar surface area (TPSA) is 0 Å². The highest BCUT2D eigenvalue weighted by molar-refractivity contribution is 8.00. The molecule has 0 aromatic carbocycles. The molecule has 1 aliphatic heterocycles. The van der Waals surface area contributed by atoms with Crippen LogP contribution in [-0.2, 0) is 0 Å². The summed E-state index contributed by atoms with van der Waals surface area (Å²) >= 11 is 5.44. The Morgan fingerprint density at radius 1 is 0.722 bits per heavy atom. The molecule has 3 aromatic heterocycles. The van der Waals surface area contributed by atoms with Crippen molar-refractivity contribution in [3.05, 3.63) is 66.7 Å². The summed E-state index contributed by atoms with van der Waals surface area (Å²) in [4.78, 5) is 5.60. The van der Waals surface area contributed by atoms with E-state index in [9.17, 15) is 0 Å². The molecule has 4 heteroatoms. The van der Waals surface area contributed by atoms with Gasteiger partial charge < -0.3 is 0 Å². The van der Waals surface area contributed by atoms with Crippen molar-refractivity contribution in [3.63, 3.8) is 0 Å². The zero-order valence-corrected chi connectivity index (χ0v) is 12.5. The van der Waals surface area contributed by atoms with Gasteiger partial charge in [0.05, 0.1) is 9.73 Å². The quantitative estimate of drug-likeness (QED) is 0.469. The predicted molar refractivity (Wildman–Crippen MR) is 87.0 cm³/mol. The lowest BCUT2D eigenvalue weighted by Crippen LogP contribution is -1.97. The van der Waals surface area contributed by atoms with Gasteiger partial charge in [0, 0.05) is 31.6 Å². The minimum absolute atomic E-state index is 1.38. The van der Waals surface area contributed by atoms with Crippen LogP contribution in [-0.4, -0.2) is 9.73 Å². The molecule has 0 bridgehead atoms. The first kappa shape index (κ1) is 10.9. The molecule has 0 N–H and O–H groups in total. The number of rotatable bonds is 2. The van der Waals surface area contributed by atoms with E-state index >= 15 is 0 Å². The molecule has 0 fully saturated rings. The summed E-state index contributed by atoms with van der Waals surface area (Å²) in [6.45, 7) is 0. The maximum absolute atomic E-state index is 2.28. The Balaban J connectivity index is 1.99. The van der Waals surface area contributed by atoms with Crippen molar-refractivity contribution in [2.45, 2.75) is 0 Å². The van der Waals surface area contributed by atoms with Gasteiger partial charge in [0.25, 0.3) is 0 Å². The number of thiophene rings is 3. The Morgan fingerprint density at radius 3 is 1.72 bits per heavy atom. The summed E-state index contributed by atoms with van der Waals surface area (Å²) in [5.41, 5.74) is 2.83. The molecule has 0 amide bonds. The molecule has 3 aromatic rings. The standard InChI is InChI=1S/C14H8S4/c1-3-11(16-5-1)13-9-7-15-8-10(9)14(18-13)12-4-2-6-17-12/h1-8H. The van der Waals surface area contributed by atoms with Gasteiger partial charge in [0.15, 0.2) is 0 Å². The fraction of sp³-hybridized carbons (Fsp3) is 0. The molecule has 4 heterocycles. The van der Waals surface area contributed by atoms with Crippen LogP contribution < -0.4 is 0 Å². The highest BCUT2D eigenvalue weighted by Gasteiger charge is 2.22. The molecule has 0 saturated heterocycles. The molecule has 0 nitrogen and oxygen atoms in total. The Labute approximate surface area is 121 Å². The van der Waals surface area contributed by atoms with Crippen molar-refractivity contribution < 1.29 is 0 Å². The average molecular weight is 304 g/mol. The number of fused-ring (bicyclic) bond motifs is 1. The predicted octanol–water partition coefficient (Wildman–Crippen LogP) is 4.76. The van der Waals surface area contributed by atoms with Gasteiger partial charge in [-0.2, -0.15) is 11.3 Å². The first-order chi connectivity index (χ1) is 8.93. The Kier molecular flexibility index (Phi) is 2.62. The van der Waals surface area contributed by atoms with E-state index in [1.54, 1.807) is 11.3 Å². The molecular weight excluding hydrogens is 296 g/mol. The summed E-state index contributed by atoms with van der Waals surface area (Å²) in [7, 11) is 1.92. The van der Waals surface area contributed by atoms with Gasteiger partial charge in [-0.1, -0.05) is 12.1 Å². The van der Waals surface area contributed by atoms with Gasteiger partial charge >= 0.3 is 0 Å². The largest absolute Gasteiger partial charge is 0.151 e. The van der Waals surface area contributed by atoms with E-state index in [1.807, 2.05) is 33.6 Å². The summed E-state index contributed by atoms with van der Waals surface area (Å²) in [5.74, 6) is 0. The molecule has 0 aliphatic carbocycles. The van der Waals surface area contributed by atoms with E-state index in [0.29, 0.717) is 0 Å². The van der Waals surface area contributed by atoms with Crippen LogP contribution in [0.1, 0.15) is 20.9 Å². The molecule has 4 rings (SSSR count). The zero-order chi connectivity index (χ0) is 11.9. The van der Waals surface area contributed by atoms with E-state index in [4.69, 9.17) is 0 Å². The van der Waals surface area contributed by atoms with Crippen LogP contribution in [0.3, 0.4) is 0 Å². The zero-order valence-electron chi connectivity index (χ0n) is 9.25. The lowest BCUT2D eigenvalue weighted by Gasteiger charge is -1.97. The Hall–Kier alpha value is -0.940. The fourth-order valence-electron chi connectivity index (χ4n) is 2.04. The lowest BCUT2D eigenvalue weighted by molar-refractivity contribution is 1.80. The van der Waals surface area contributed by atoms with Crippen molar-refractivity contribution in [2.75, 3.05) is 0 Å². The van der Waals surface area contributed by atoms with Gasteiger partial charge in [-0.05, 0) is 22.9 Å². The van der Waals surface area contributed by atoms with Gasteiger partial charge in [-0.25, -0.2) is 0 Å². The van der Waals surface area contributed by atoms with Crippen LogP contribution in [0.5, 0.6) is 0 Å². The van der Waals surface area contributed by atoms with E-state index in [-0.39, 0.29) is 0 Å². The number of hydrogen-bond acceptors (Lipinski definition) is 3. The van der Waals surface area contributed by atoms with Crippen molar-refractivity contribution in [1.29, 1.82) is 0 Å². The summed E-state index contributed by atoms with van der Waals surface area (Å²) in [5, 5.41) is 8.85. The van der Waals surface area contributed by atoms with E-state index in [1.165, 1.54) is 30.6 Å². The average Bonchev–Trinajstić information content (AvgIpc) is 3.14. The summed E-state index contributed by atoms with van der Waals surface area (Å²) < 4.78 is 0. The maximum atomic E-state index is 2.28. The highest BCUT2D eigenvalue weighted by atomic mass is 32.1. The molecule has 88 valence electrons. The second-order valence-electron chi connectivity index (χ2n) is 3.91. The highest BCUT2D eigenvalue weighted by Crippen LogP contribution is 2.32. The SMILES string of the molecule is c1csc(C2=S=C(c3cccs3)c3cscc32)c1. The monoisotopic (exact) mass is 304 g/mol. The first-order valence-corrected chi connectivity index (χ1v) is 9.02. The van der Waals surface area contributed by atoms with Crippen LogP contribution >= 0.6 is 45.0 Å². The smallest absolute Gasteiger partial charge is 0.0536 e. The lowest BCUT2D eigenvalue weighted by atomic mass is 10.1. The van der Waals surface area contributed by atoms with Gasteiger partial charge in [0.1, 0.15) is 0 Å². The second-order valence-corrected chi connectivity index (χ2v) is 7.57. The fourth-order valence-corrected chi connectivity index (χ4v) is 6.01. The maximum Gasteiger partial charge on any atom is 0.0536 e. The van der Waals surface area contributed by atoms with Gasteiger partial charge in [-0.3, -0.25) is 0 Å². The van der Waals surface area contributed by atoms with E-state index in [2.05, 4.69) is 45.8 Å². The Morgan fingerprint density at radius 2 is 1.28 bits per heavy atom. The van der Waals surface area contributed by atoms with Crippen LogP contribution in [0, 0.1) is 0 Å². The van der Waals surface area contributed by atoms with Crippen molar-refractivity contribution in [3.8, 4) is 0 Å². The third-order valence-corrected chi connectivity index (χ3v) is 6.91. The molecule has 0 spiro atoms. The normalized spacial score (nSPS) is 13.8. The van der Waals surface area contributed by atoms with E-state index in [0.717, 1.165) is 0 Å². The van der Waals surface area contributed by atoms with Crippen LogP contribution in [0.2, 0.25) is 0 Å². The van der Waals surface area contributed by atoms with Gasteiger partial charge in [0.2, 0.25) is 0 Å². The second kappa shape index (κ2) is 4.31. The van der Waals surface area contributed by atoms with Gasteiger partial charge in [-0.15, -0.1) is 33.6 Å². The van der Waals surface area contributed by atoms with Crippen LogP contribution in [0.4, 0.5) is 0 Å². The van der Waals surface area contributed by atoms with E-state index < -0.39 is 0 Å². The summed E-state index contributed by atoms with van der Waals surface area (Å²) in [6, 6.07) is 8.68. The Bertz CT molecular complexity index is 690. The molecule has 1 aliphatic rings. The minimum Gasteiger partial charge on any atom is -0.151 e. The summed E-state index contributed by atoms with van der Waals surface area (Å²) in [6.07, 6.45) is 0. The van der Waals surface area contributed by atoms with Crippen molar-refractivity contribution >= 4 is 54.7 Å². The molecule has 0 saturated carbocycles. The minimum atomic E-state index is 1.38. The molecule has 0 unspecified atom stereocenters. The first-order valence-electron chi connectivity index (χ1n) is 5.50. The number of hydrogen-bond donors (Lipinski definition) is 0. The van der Waals surface area contributed by atoms with Crippen molar-refractivity contribution in [2.24, 2.45) is 0 Å². The third kappa shape index (κ3) is 1.61. The van der Waals surface area contributed by atoms with Crippen molar-refractivity contribution in [1.82, 2.24) is 0 Å². The molecular formula is C14H8S4. The van der Waals surface area contributed by atoms with Crippen LogP contribution in [0.25, 0.3) is 0 Å². The van der Waals surface area contributed by atoms with Crippen LogP contribution in [0.15, 0.2) is 45.8 Å². The molecule has 0 atom stereocenters. The molecule has 18 heavy (non-hydrogen) atoms. The molecule has 0 radical (unpaired) electrons.